The van der Waals surface area contributed by atoms with E-state index in [0.717, 1.165) is 47.7 Å². The summed E-state index contributed by atoms with van der Waals surface area (Å²) < 4.78 is 16.4. The Balaban J connectivity index is 1.40. The first-order chi connectivity index (χ1) is 16.1. The Morgan fingerprint density at radius 3 is 2.67 bits per heavy atom. The van der Waals surface area contributed by atoms with Crippen LogP contribution >= 0.6 is 0 Å². The molecule has 0 radical (unpaired) electrons. The number of hydrogen-bond donors (Lipinski definition) is 1. The number of aromatic nitrogens is 5. The first-order valence-corrected chi connectivity index (χ1v) is 10.8. The Hall–Kier alpha value is -4.14. The Kier molecular flexibility index (Phi) is 5.52. The van der Waals surface area contributed by atoms with Gasteiger partial charge in [0.25, 0.3) is 11.5 Å². The summed E-state index contributed by atoms with van der Waals surface area (Å²) in [6, 6.07) is 15.3. The summed E-state index contributed by atoms with van der Waals surface area (Å²) in [5, 5.41) is 15.7. The van der Waals surface area contributed by atoms with Crippen LogP contribution in [0.4, 0.5) is 10.1 Å². The molecule has 1 aliphatic heterocycles. The number of rotatable bonds is 4. The average molecular weight is 444 g/mol. The molecule has 3 heterocycles. The van der Waals surface area contributed by atoms with Crippen LogP contribution in [0.25, 0.3) is 17.1 Å². The maximum Gasteiger partial charge on any atom is 0.276 e. The van der Waals surface area contributed by atoms with E-state index in [0.29, 0.717) is 11.4 Å². The number of carbonyl (C=O) groups excluding carboxylic acids is 1. The van der Waals surface area contributed by atoms with Crippen LogP contribution in [0.5, 0.6) is 0 Å². The maximum absolute atomic E-state index is 13.2. The van der Waals surface area contributed by atoms with Gasteiger partial charge in [-0.2, -0.15) is 9.78 Å². The summed E-state index contributed by atoms with van der Waals surface area (Å²) in [6.45, 7) is 0.878. The highest BCUT2D eigenvalue weighted by Gasteiger charge is 2.17. The topological polar surface area (TPSA) is 94.7 Å². The lowest BCUT2D eigenvalue weighted by Crippen LogP contribution is -2.24. The van der Waals surface area contributed by atoms with Crippen molar-refractivity contribution in [1.29, 1.82) is 0 Å². The van der Waals surface area contributed by atoms with Crippen LogP contribution in [-0.2, 0) is 13.0 Å². The predicted octanol–water partition coefficient (Wildman–Crippen LogP) is 3.61. The van der Waals surface area contributed by atoms with Crippen molar-refractivity contribution < 1.29 is 9.18 Å². The third-order valence-corrected chi connectivity index (χ3v) is 5.59. The van der Waals surface area contributed by atoms with Crippen molar-refractivity contribution in [3.8, 4) is 17.1 Å². The lowest BCUT2D eigenvalue weighted by Gasteiger charge is -2.10. The molecule has 1 amide bonds. The molecule has 9 heteroatoms. The molecule has 0 fully saturated rings. The fourth-order valence-electron chi connectivity index (χ4n) is 3.93. The van der Waals surface area contributed by atoms with Crippen LogP contribution in [0, 0.1) is 5.82 Å². The van der Waals surface area contributed by atoms with E-state index in [2.05, 4.69) is 25.2 Å². The molecule has 0 saturated carbocycles. The fraction of sp³-hybridized carbons (Fsp3) is 0.208. The highest BCUT2D eigenvalue weighted by molar-refractivity contribution is 6.03. The Labute approximate surface area is 188 Å². The SMILES string of the molecule is O=C(Nc1cccc(-c2nnc3n2CCCCC3)c1)c1ccc(=O)n(-c2ccc(F)cc2)n1. The minimum absolute atomic E-state index is 0.0562. The second-order valence-corrected chi connectivity index (χ2v) is 7.88. The summed E-state index contributed by atoms with van der Waals surface area (Å²) in [7, 11) is 0. The number of halogens is 1. The normalized spacial score (nSPS) is 13.2. The molecule has 2 aromatic carbocycles. The minimum Gasteiger partial charge on any atom is -0.321 e. The average Bonchev–Trinajstić information content (AvgIpc) is 3.08. The molecule has 4 aromatic rings. The fourth-order valence-corrected chi connectivity index (χ4v) is 3.93. The van der Waals surface area contributed by atoms with Gasteiger partial charge in [-0.3, -0.25) is 9.59 Å². The summed E-state index contributed by atoms with van der Waals surface area (Å²) in [4.78, 5) is 25.1. The van der Waals surface area contributed by atoms with Crippen molar-refractivity contribution in [3.05, 3.63) is 88.4 Å². The van der Waals surface area contributed by atoms with Crippen molar-refractivity contribution in [1.82, 2.24) is 24.5 Å². The first kappa shape index (κ1) is 20.7. The molecule has 8 nitrogen and oxygen atoms in total. The molecule has 0 bridgehead atoms. The van der Waals surface area contributed by atoms with Gasteiger partial charge in [0.15, 0.2) is 5.82 Å². The van der Waals surface area contributed by atoms with E-state index in [1.165, 1.54) is 42.8 Å². The van der Waals surface area contributed by atoms with Crippen LogP contribution in [0.1, 0.15) is 35.6 Å². The molecule has 1 aliphatic rings. The summed E-state index contributed by atoms with van der Waals surface area (Å²) >= 11 is 0. The van der Waals surface area contributed by atoms with Crippen LogP contribution in [0.2, 0.25) is 0 Å². The van der Waals surface area contributed by atoms with Gasteiger partial charge in [0, 0.05) is 30.3 Å². The van der Waals surface area contributed by atoms with E-state index >= 15 is 0 Å². The largest absolute Gasteiger partial charge is 0.321 e. The number of anilines is 1. The molecule has 1 N–H and O–H groups in total. The van der Waals surface area contributed by atoms with Gasteiger partial charge in [0.2, 0.25) is 0 Å². The van der Waals surface area contributed by atoms with Gasteiger partial charge in [-0.05, 0) is 55.3 Å². The van der Waals surface area contributed by atoms with E-state index in [-0.39, 0.29) is 5.69 Å². The quantitative estimate of drug-likeness (QED) is 0.519. The third kappa shape index (κ3) is 4.30. The number of carbonyl (C=O) groups is 1. The smallest absolute Gasteiger partial charge is 0.276 e. The van der Waals surface area contributed by atoms with Crippen LogP contribution in [0.3, 0.4) is 0 Å². The van der Waals surface area contributed by atoms with Crippen LogP contribution in [-0.4, -0.2) is 30.5 Å². The van der Waals surface area contributed by atoms with Crippen molar-refractivity contribution in [3.63, 3.8) is 0 Å². The molecule has 0 saturated heterocycles. The highest BCUT2D eigenvalue weighted by Crippen LogP contribution is 2.25. The molecular formula is C24H21FN6O2. The Morgan fingerprint density at radius 2 is 1.82 bits per heavy atom. The number of hydrogen-bond acceptors (Lipinski definition) is 5. The molecular weight excluding hydrogens is 423 g/mol. The van der Waals surface area contributed by atoms with E-state index in [4.69, 9.17) is 0 Å². The molecule has 0 unspecified atom stereocenters. The number of fused-ring (bicyclic) bond motifs is 1. The second kappa shape index (κ2) is 8.78. The van der Waals surface area contributed by atoms with Gasteiger partial charge in [-0.25, -0.2) is 4.39 Å². The zero-order chi connectivity index (χ0) is 22.8. The van der Waals surface area contributed by atoms with E-state index in [1.807, 2.05) is 18.2 Å². The molecule has 33 heavy (non-hydrogen) atoms. The third-order valence-electron chi connectivity index (χ3n) is 5.59. The monoisotopic (exact) mass is 444 g/mol. The summed E-state index contributed by atoms with van der Waals surface area (Å²) in [5.41, 5.74) is 1.43. The number of nitrogens with zero attached hydrogens (tertiary/aromatic N) is 5. The van der Waals surface area contributed by atoms with Gasteiger partial charge >= 0.3 is 0 Å². The Bertz CT molecular complexity index is 1380. The summed E-state index contributed by atoms with van der Waals surface area (Å²) in [5.74, 6) is 0.878. The van der Waals surface area contributed by atoms with Crippen molar-refractivity contribution in [2.45, 2.75) is 32.2 Å². The molecule has 0 spiro atoms. The molecule has 0 aliphatic carbocycles. The number of aryl methyl sites for hydroxylation is 1. The highest BCUT2D eigenvalue weighted by atomic mass is 19.1. The number of nitrogens with one attached hydrogen (secondary N) is 1. The molecule has 2 aromatic heterocycles. The number of amides is 1. The minimum atomic E-state index is -0.469. The van der Waals surface area contributed by atoms with Crippen LogP contribution < -0.4 is 10.9 Å². The van der Waals surface area contributed by atoms with E-state index in [9.17, 15) is 14.0 Å². The van der Waals surface area contributed by atoms with Crippen molar-refractivity contribution in [2.24, 2.45) is 0 Å². The summed E-state index contributed by atoms with van der Waals surface area (Å²) in [6.07, 6.45) is 4.29. The van der Waals surface area contributed by atoms with Crippen LogP contribution in [0.15, 0.2) is 65.5 Å². The number of benzene rings is 2. The molecule has 166 valence electrons. The standard InChI is InChI=1S/C24H21FN6O2/c25-17-8-10-19(11-9-17)31-22(32)13-12-20(29-31)24(33)26-18-6-4-5-16(15-18)23-28-27-21-7-2-1-3-14-30(21)23/h4-6,8-13,15H,1-3,7,14H2,(H,26,33). The van der Waals surface area contributed by atoms with Gasteiger partial charge < -0.3 is 9.88 Å². The predicted molar refractivity (Wildman–Crippen MR) is 121 cm³/mol. The van der Waals surface area contributed by atoms with Crippen molar-refractivity contribution >= 4 is 11.6 Å². The van der Waals surface area contributed by atoms with Gasteiger partial charge in [0.05, 0.1) is 5.69 Å². The first-order valence-electron chi connectivity index (χ1n) is 10.8. The maximum atomic E-state index is 13.2. The van der Waals surface area contributed by atoms with Gasteiger partial charge in [-0.15, -0.1) is 10.2 Å². The molecule has 0 atom stereocenters. The lowest BCUT2D eigenvalue weighted by atomic mass is 10.2. The van der Waals surface area contributed by atoms with Crippen molar-refractivity contribution in [2.75, 3.05) is 5.32 Å². The zero-order valence-electron chi connectivity index (χ0n) is 17.7. The zero-order valence-corrected chi connectivity index (χ0v) is 17.7. The van der Waals surface area contributed by atoms with Gasteiger partial charge in [-0.1, -0.05) is 18.6 Å². The van der Waals surface area contributed by atoms with E-state index < -0.39 is 17.3 Å². The molecule has 5 rings (SSSR count). The lowest BCUT2D eigenvalue weighted by molar-refractivity contribution is 0.102. The van der Waals surface area contributed by atoms with E-state index in [1.54, 1.807) is 6.07 Å². The van der Waals surface area contributed by atoms with Gasteiger partial charge in [0.1, 0.15) is 17.3 Å². The second-order valence-electron chi connectivity index (χ2n) is 7.88. The Morgan fingerprint density at radius 1 is 0.970 bits per heavy atom.